The molecule has 5 aromatic rings. The fourth-order valence-electron chi connectivity index (χ4n) is 5.98. The highest BCUT2D eigenvalue weighted by Crippen LogP contribution is 2.42. The molecule has 3 aromatic heterocycles. The Kier molecular flexibility index (Phi) is 6.27. The molecular weight excluding hydrogens is 500 g/mol. The van der Waals surface area contributed by atoms with Crippen LogP contribution in [0.15, 0.2) is 53.2 Å². The van der Waals surface area contributed by atoms with Crippen LogP contribution in [0, 0.1) is 31.4 Å². The summed E-state index contributed by atoms with van der Waals surface area (Å²) in [6.45, 7) is 8.46. The van der Waals surface area contributed by atoms with Crippen molar-refractivity contribution in [3.05, 3.63) is 82.9 Å². The molecule has 0 bridgehead atoms. The third-order valence-corrected chi connectivity index (χ3v) is 7.94. The maximum Gasteiger partial charge on any atom is 0.159 e. The third-order valence-electron chi connectivity index (χ3n) is 7.94. The zero-order valence-electron chi connectivity index (χ0n) is 22.5. The molecule has 0 spiro atoms. The van der Waals surface area contributed by atoms with Crippen molar-refractivity contribution >= 4 is 21.9 Å². The molecule has 0 unspecified atom stereocenters. The van der Waals surface area contributed by atoms with Gasteiger partial charge in [-0.25, -0.2) is 8.78 Å². The smallest absolute Gasteiger partial charge is 0.159 e. The SMILES string of the molecule is Cc1noc(C)c1-c1cnc2c3ccc(C(C)(C)O)cc3n([C@H](c3ccc(F)c(F)c3)C3CCOCC3)c2c1. The van der Waals surface area contributed by atoms with Crippen LogP contribution in [-0.4, -0.2) is 33.0 Å². The van der Waals surface area contributed by atoms with Gasteiger partial charge in [0.15, 0.2) is 11.6 Å². The van der Waals surface area contributed by atoms with Crippen molar-refractivity contribution in [2.45, 2.75) is 52.2 Å². The Morgan fingerprint density at radius 3 is 2.44 bits per heavy atom. The lowest BCUT2D eigenvalue weighted by Gasteiger charge is -2.33. The van der Waals surface area contributed by atoms with Crippen molar-refractivity contribution in [2.24, 2.45) is 5.92 Å². The molecule has 202 valence electrons. The molecular formula is C31H31F2N3O3. The highest BCUT2D eigenvalue weighted by molar-refractivity contribution is 6.07. The maximum atomic E-state index is 14.7. The fourth-order valence-corrected chi connectivity index (χ4v) is 5.98. The second-order valence-corrected chi connectivity index (χ2v) is 11.0. The molecule has 4 heterocycles. The number of aromatic nitrogens is 3. The lowest BCUT2D eigenvalue weighted by atomic mass is 9.86. The summed E-state index contributed by atoms with van der Waals surface area (Å²) < 4.78 is 42.0. The van der Waals surface area contributed by atoms with E-state index in [1.54, 1.807) is 19.9 Å². The predicted molar refractivity (Wildman–Crippen MR) is 145 cm³/mol. The highest BCUT2D eigenvalue weighted by Gasteiger charge is 2.31. The standard InChI is InChI=1S/C31H31F2N3O3/c1-17-28(18(2)39-35-17)21-14-27-29(34-16-21)23-7-6-22(31(3,4)37)15-26(23)36(27)30(19-9-11-38-12-10-19)20-5-8-24(32)25(33)13-20/h5-8,13-16,19,30,37H,9-12H2,1-4H3/t30-/m0/s1. The van der Waals surface area contributed by atoms with Gasteiger partial charge in [-0.2, -0.15) is 0 Å². The van der Waals surface area contributed by atoms with Crippen LogP contribution < -0.4 is 0 Å². The molecule has 6 nitrogen and oxygen atoms in total. The van der Waals surface area contributed by atoms with Crippen molar-refractivity contribution in [3.8, 4) is 11.1 Å². The topological polar surface area (TPSA) is 73.3 Å². The summed E-state index contributed by atoms with van der Waals surface area (Å²) in [4.78, 5) is 4.90. The van der Waals surface area contributed by atoms with Crippen LogP contribution in [0.2, 0.25) is 0 Å². The first-order valence-corrected chi connectivity index (χ1v) is 13.3. The molecule has 0 amide bonds. The molecule has 2 aromatic carbocycles. The van der Waals surface area contributed by atoms with Crippen LogP contribution in [0.25, 0.3) is 33.1 Å². The number of aryl methyl sites for hydroxylation is 2. The monoisotopic (exact) mass is 531 g/mol. The van der Waals surface area contributed by atoms with Gasteiger partial charge in [0.1, 0.15) is 5.76 Å². The second-order valence-electron chi connectivity index (χ2n) is 11.0. The van der Waals surface area contributed by atoms with Gasteiger partial charge < -0.3 is 18.9 Å². The number of halogens is 2. The van der Waals surface area contributed by atoms with Crippen LogP contribution in [0.5, 0.6) is 0 Å². The Hall–Kier alpha value is -3.62. The van der Waals surface area contributed by atoms with Crippen molar-refractivity contribution in [1.29, 1.82) is 0 Å². The van der Waals surface area contributed by atoms with E-state index < -0.39 is 17.2 Å². The Balaban J connectivity index is 1.70. The zero-order valence-corrected chi connectivity index (χ0v) is 22.5. The van der Waals surface area contributed by atoms with Gasteiger partial charge in [-0.05, 0) is 81.8 Å². The van der Waals surface area contributed by atoms with Crippen molar-refractivity contribution in [1.82, 2.24) is 14.7 Å². The van der Waals surface area contributed by atoms with Crippen molar-refractivity contribution < 1.29 is 23.1 Å². The van der Waals surface area contributed by atoms with Gasteiger partial charge in [0.05, 0.1) is 33.9 Å². The fraction of sp³-hybridized carbons (Fsp3) is 0.355. The Morgan fingerprint density at radius 2 is 1.77 bits per heavy atom. The highest BCUT2D eigenvalue weighted by atomic mass is 19.2. The van der Waals surface area contributed by atoms with Gasteiger partial charge in [0.25, 0.3) is 0 Å². The molecule has 8 heteroatoms. The van der Waals surface area contributed by atoms with Gasteiger partial charge in [0.2, 0.25) is 0 Å². The zero-order chi connectivity index (χ0) is 27.5. The second kappa shape index (κ2) is 9.54. The van der Waals surface area contributed by atoms with Gasteiger partial charge in [-0.1, -0.05) is 23.4 Å². The summed E-state index contributed by atoms with van der Waals surface area (Å²) in [6.07, 6.45) is 3.36. The quantitative estimate of drug-likeness (QED) is 0.265. The van der Waals surface area contributed by atoms with E-state index in [1.165, 1.54) is 12.1 Å². The average molecular weight is 532 g/mol. The summed E-state index contributed by atoms with van der Waals surface area (Å²) in [7, 11) is 0. The minimum Gasteiger partial charge on any atom is -0.386 e. The summed E-state index contributed by atoms with van der Waals surface area (Å²) in [5.41, 5.74) is 5.39. The average Bonchev–Trinajstić information content (AvgIpc) is 3.42. The molecule has 1 aliphatic rings. The summed E-state index contributed by atoms with van der Waals surface area (Å²) in [6, 6.07) is 11.8. The van der Waals surface area contributed by atoms with E-state index in [1.807, 2.05) is 38.2 Å². The van der Waals surface area contributed by atoms with Crippen LogP contribution in [0.1, 0.15) is 55.3 Å². The maximum absolute atomic E-state index is 14.7. The molecule has 0 radical (unpaired) electrons. The number of fused-ring (bicyclic) bond motifs is 3. The van der Waals surface area contributed by atoms with E-state index in [0.29, 0.717) is 24.5 Å². The van der Waals surface area contributed by atoms with E-state index in [0.717, 1.165) is 57.2 Å². The lowest BCUT2D eigenvalue weighted by molar-refractivity contribution is 0.0552. The molecule has 1 aliphatic heterocycles. The predicted octanol–water partition coefficient (Wildman–Crippen LogP) is 6.98. The molecule has 1 saturated heterocycles. The first-order chi connectivity index (χ1) is 18.6. The first-order valence-electron chi connectivity index (χ1n) is 13.3. The molecule has 0 aliphatic carbocycles. The van der Waals surface area contributed by atoms with Gasteiger partial charge >= 0.3 is 0 Å². The Morgan fingerprint density at radius 1 is 1.00 bits per heavy atom. The van der Waals surface area contributed by atoms with Gasteiger partial charge in [-0.3, -0.25) is 4.98 Å². The Labute approximate surface area is 225 Å². The molecule has 1 fully saturated rings. The summed E-state index contributed by atoms with van der Waals surface area (Å²) in [5.74, 6) is -0.950. The van der Waals surface area contributed by atoms with Crippen LogP contribution in [0.4, 0.5) is 8.78 Å². The number of pyridine rings is 1. The van der Waals surface area contributed by atoms with Crippen molar-refractivity contribution in [3.63, 3.8) is 0 Å². The van der Waals surface area contributed by atoms with Gasteiger partial charge in [0, 0.05) is 35.9 Å². The normalized spacial score (nSPS) is 15.9. The van der Waals surface area contributed by atoms with Gasteiger partial charge in [-0.15, -0.1) is 0 Å². The largest absolute Gasteiger partial charge is 0.386 e. The van der Waals surface area contributed by atoms with E-state index in [9.17, 15) is 13.9 Å². The number of aliphatic hydroxyl groups is 1. The molecule has 6 rings (SSSR count). The minimum atomic E-state index is -1.07. The number of ether oxygens (including phenoxy) is 1. The first kappa shape index (κ1) is 25.6. The molecule has 1 N–H and O–H groups in total. The van der Waals surface area contributed by atoms with E-state index in [-0.39, 0.29) is 12.0 Å². The van der Waals surface area contributed by atoms with Crippen LogP contribution >= 0.6 is 0 Å². The summed E-state index contributed by atoms with van der Waals surface area (Å²) >= 11 is 0. The van der Waals surface area contributed by atoms with E-state index in [2.05, 4.69) is 15.8 Å². The van der Waals surface area contributed by atoms with E-state index >= 15 is 0 Å². The number of nitrogens with zero attached hydrogens (tertiary/aromatic N) is 3. The molecule has 1 atom stereocenters. The van der Waals surface area contributed by atoms with Crippen molar-refractivity contribution in [2.75, 3.05) is 13.2 Å². The van der Waals surface area contributed by atoms with Crippen LogP contribution in [0.3, 0.4) is 0 Å². The number of hydrogen-bond acceptors (Lipinski definition) is 5. The third kappa shape index (κ3) is 4.41. The number of hydrogen-bond donors (Lipinski definition) is 1. The minimum absolute atomic E-state index is 0.107. The van der Waals surface area contributed by atoms with E-state index in [4.69, 9.17) is 14.2 Å². The molecule has 39 heavy (non-hydrogen) atoms. The van der Waals surface area contributed by atoms with Crippen LogP contribution in [-0.2, 0) is 10.3 Å². The number of rotatable bonds is 5. The summed E-state index contributed by atoms with van der Waals surface area (Å²) in [5, 5.41) is 15.9. The Bertz CT molecular complexity index is 1670. The lowest BCUT2D eigenvalue weighted by Crippen LogP contribution is -2.27. The molecule has 0 saturated carbocycles. The number of benzene rings is 2.